The predicted octanol–water partition coefficient (Wildman–Crippen LogP) is -0.614. The topological polar surface area (TPSA) is 89.7 Å². The van der Waals surface area contributed by atoms with Crippen LogP contribution in [-0.4, -0.2) is 62.6 Å². The first-order valence-electron chi connectivity index (χ1n) is 6.22. The van der Waals surface area contributed by atoms with Crippen LogP contribution in [0.3, 0.4) is 0 Å². The Hall–Kier alpha value is -0.660. The number of hydrogen-bond acceptors (Lipinski definition) is 5. The highest BCUT2D eigenvalue weighted by atomic mass is 32.2. The van der Waals surface area contributed by atoms with Crippen LogP contribution in [-0.2, 0) is 19.4 Å². The summed E-state index contributed by atoms with van der Waals surface area (Å²) in [5.74, 6) is -0.484. The quantitative estimate of drug-likeness (QED) is 0.724. The molecule has 0 aromatic rings. The molecule has 1 fully saturated rings. The molecule has 1 aliphatic rings. The van der Waals surface area contributed by atoms with Crippen LogP contribution < -0.4 is 5.73 Å². The third kappa shape index (κ3) is 3.93. The minimum atomic E-state index is -3.48. The van der Waals surface area contributed by atoms with E-state index in [4.69, 9.17) is 10.5 Å². The Bertz CT molecular complexity index is 377. The van der Waals surface area contributed by atoms with Gasteiger partial charge in [-0.3, -0.25) is 4.79 Å². The number of sulfone groups is 1. The van der Waals surface area contributed by atoms with E-state index in [1.165, 1.54) is 6.92 Å². The van der Waals surface area contributed by atoms with Crippen molar-refractivity contribution in [3.05, 3.63) is 0 Å². The number of carbonyl (C=O) groups is 1. The number of morpholine rings is 1. The molecule has 1 heterocycles. The maximum absolute atomic E-state index is 12.1. The number of nitrogens with two attached hydrogens (primary N) is 1. The number of carbonyl (C=O) groups excluding carboxylic acids is 1. The molecule has 0 bridgehead atoms. The van der Waals surface area contributed by atoms with Gasteiger partial charge in [0, 0.05) is 19.1 Å². The highest BCUT2D eigenvalue weighted by Gasteiger charge is 2.33. The van der Waals surface area contributed by atoms with Crippen molar-refractivity contribution < 1.29 is 17.9 Å². The Morgan fingerprint density at radius 2 is 1.94 bits per heavy atom. The molecular weight excluding hydrogens is 256 g/mol. The zero-order valence-corrected chi connectivity index (χ0v) is 11.8. The Kier molecular flexibility index (Phi) is 5.55. The van der Waals surface area contributed by atoms with E-state index in [0.29, 0.717) is 32.7 Å². The van der Waals surface area contributed by atoms with Gasteiger partial charge in [0.25, 0.3) is 0 Å². The summed E-state index contributed by atoms with van der Waals surface area (Å²) in [6.45, 7) is 5.11. The first-order valence-corrected chi connectivity index (χ1v) is 7.93. The molecule has 1 aliphatic heterocycles. The molecule has 2 unspecified atom stereocenters. The van der Waals surface area contributed by atoms with Crippen LogP contribution in [0.25, 0.3) is 0 Å². The summed E-state index contributed by atoms with van der Waals surface area (Å²) >= 11 is 0. The van der Waals surface area contributed by atoms with Crippen LogP contribution in [0, 0.1) is 0 Å². The molecule has 0 radical (unpaired) electrons. The van der Waals surface area contributed by atoms with Crippen molar-refractivity contribution in [1.29, 1.82) is 0 Å². The van der Waals surface area contributed by atoms with E-state index in [0.717, 1.165) is 0 Å². The fraction of sp³-hybridized carbons (Fsp3) is 0.909. The summed E-state index contributed by atoms with van der Waals surface area (Å²) in [6, 6.07) is -0.407. The Labute approximate surface area is 108 Å². The van der Waals surface area contributed by atoms with Crippen molar-refractivity contribution in [1.82, 2.24) is 4.90 Å². The first kappa shape index (κ1) is 15.4. The predicted molar refractivity (Wildman–Crippen MR) is 68.9 cm³/mol. The van der Waals surface area contributed by atoms with E-state index >= 15 is 0 Å². The van der Waals surface area contributed by atoms with Crippen molar-refractivity contribution in [2.24, 2.45) is 5.73 Å². The summed E-state index contributed by atoms with van der Waals surface area (Å²) in [7, 11) is -3.48. The highest BCUT2D eigenvalue weighted by molar-refractivity contribution is 7.92. The van der Waals surface area contributed by atoms with E-state index in [1.807, 2.05) is 6.92 Å². The lowest BCUT2D eigenvalue weighted by molar-refractivity contribution is -0.134. The van der Waals surface area contributed by atoms with E-state index in [2.05, 4.69) is 0 Å². The van der Waals surface area contributed by atoms with Crippen molar-refractivity contribution in [2.75, 3.05) is 32.1 Å². The SMILES string of the molecule is CCC(N)CS(=O)(=O)C(C)C(=O)N1CCOCC1. The third-order valence-corrected chi connectivity index (χ3v) is 5.35. The maximum Gasteiger partial charge on any atom is 0.240 e. The lowest BCUT2D eigenvalue weighted by atomic mass is 10.3. The molecule has 2 N–H and O–H groups in total. The Morgan fingerprint density at radius 1 is 1.39 bits per heavy atom. The fourth-order valence-electron chi connectivity index (χ4n) is 1.76. The summed E-state index contributed by atoms with van der Waals surface area (Å²) in [6.07, 6.45) is 0.581. The van der Waals surface area contributed by atoms with Gasteiger partial charge in [0.05, 0.1) is 19.0 Å². The molecule has 106 valence electrons. The van der Waals surface area contributed by atoms with Gasteiger partial charge in [-0.05, 0) is 13.3 Å². The molecule has 7 heteroatoms. The fourth-order valence-corrected chi connectivity index (χ4v) is 3.33. The average molecular weight is 278 g/mol. The van der Waals surface area contributed by atoms with Crippen LogP contribution in [0.5, 0.6) is 0 Å². The average Bonchev–Trinajstić information content (AvgIpc) is 2.37. The van der Waals surface area contributed by atoms with E-state index < -0.39 is 21.1 Å². The van der Waals surface area contributed by atoms with Gasteiger partial charge in [-0.2, -0.15) is 0 Å². The van der Waals surface area contributed by atoms with Gasteiger partial charge in [0.15, 0.2) is 9.84 Å². The molecular formula is C11H22N2O4S. The summed E-state index contributed by atoms with van der Waals surface area (Å²) in [4.78, 5) is 13.6. The van der Waals surface area contributed by atoms with Gasteiger partial charge in [-0.1, -0.05) is 6.92 Å². The number of nitrogens with zero attached hydrogens (tertiary/aromatic N) is 1. The normalized spacial score (nSPS) is 20.5. The largest absolute Gasteiger partial charge is 0.378 e. The Balaban J connectivity index is 2.66. The van der Waals surface area contributed by atoms with Crippen molar-refractivity contribution in [3.8, 4) is 0 Å². The number of amides is 1. The van der Waals surface area contributed by atoms with E-state index in [9.17, 15) is 13.2 Å². The second-order valence-corrected chi connectivity index (χ2v) is 6.94. The minimum Gasteiger partial charge on any atom is -0.378 e. The molecule has 1 amide bonds. The molecule has 1 saturated heterocycles. The molecule has 0 aliphatic carbocycles. The summed E-state index contributed by atoms with van der Waals surface area (Å²) in [5, 5.41) is -1.02. The second-order valence-electron chi connectivity index (χ2n) is 4.58. The second kappa shape index (κ2) is 6.49. The lowest BCUT2D eigenvalue weighted by Gasteiger charge is -2.29. The minimum absolute atomic E-state index is 0.138. The van der Waals surface area contributed by atoms with Gasteiger partial charge in [-0.15, -0.1) is 0 Å². The molecule has 0 aromatic carbocycles. The van der Waals surface area contributed by atoms with Crippen LogP contribution >= 0.6 is 0 Å². The Morgan fingerprint density at radius 3 is 2.44 bits per heavy atom. The van der Waals surface area contributed by atoms with E-state index in [-0.39, 0.29) is 11.7 Å². The van der Waals surface area contributed by atoms with Gasteiger partial charge in [0.1, 0.15) is 5.25 Å². The molecule has 2 atom stereocenters. The van der Waals surface area contributed by atoms with Crippen molar-refractivity contribution in [2.45, 2.75) is 31.6 Å². The smallest absolute Gasteiger partial charge is 0.240 e. The monoisotopic (exact) mass is 278 g/mol. The van der Waals surface area contributed by atoms with Crippen molar-refractivity contribution >= 4 is 15.7 Å². The van der Waals surface area contributed by atoms with E-state index in [1.54, 1.807) is 4.90 Å². The van der Waals surface area contributed by atoms with Gasteiger partial charge >= 0.3 is 0 Å². The zero-order chi connectivity index (χ0) is 13.8. The lowest BCUT2D eigenvalue weighted by Crippen LogP contribution is -2.48. The summed E-state index contributed by atoms with van der Waals surface area (Å²) in [5.41, 5.74) is 5.65. The van der Waals surface area contributed by atoms with Gasteiger partial charge in [-0.25, -0.2) is 8.42 Å². The van der Waals surface area contributed by atoms with Crippen LogP contribution in [0.2, 0.25) is 0 Å². The number of rotatable bonds is 5. The molecule has 6 nitrogen and oxygen atoms in total. The van der Waals surface area contributed by atoms with Crippen LogP contribution in [0.15, 0.2) is 0 Å². The molecule has 0 aromatic heterocycles. The van der Waals surface area contributed by atoms with Gasteiger partial charge in [0.2, 0.25) is 5.91 Å². The first-order chi connectivity index (χ1) is 8.38. The van der Waals surface area contributed by atoms with Crippen LogP contribution in [0.4, 0.5) is 0 Å². The standard InChI is InChI=1S/C11H22N2O4S/c1-3-10(12)8-18(15,16)9(2)11(14)13-4-6-17-7-5-13/h9-10H,3-8,12H2,1-2H3. The zero-order valence-electron chi connectivity index (χ0n) is 11.0. The maximum atomic E-state index is 12.1. The molecule has 18 heavy (non-hydrogen) atoms. The van der Waals surface area contributed by atoms with Crippen LogP contribution in [0.1, 0.15) is 20.3 Å². The van der Waals surface area contributed by atoms with Gasteiger partial charge < -0.3 is 15.4 Å². The highest BCUT2D eigenvalue weighted by Crippen LogP contribution is 2.10. The number of hydrogen-bond donors (Lipinski definition) is 1. The summed E-state index contributed by atoms with van der Waals surface area (Å²) < 4.78 is 29.2. The molecule has 1 rings (SSSR count). The third-order valence-electron chi connectivity index (χ3n) is 3.18. The molecule has 0 spiro atoms. The number of ether oxygens (including phenoxy) is 1. The molecule has 0 saturated carbocycles. The van der Waals surface area contributed by atoms with Crippen molar-refractivity contribution in [3.63, 3.8) is 0 Å².